The molecule has 2 N–H and O–H groups in total. The first-order valence-corrected chi connectivity index (χ1v) is 7.22. The molecule has 1 saturated heterocycles. The molecule has 0 bridgehead atoms. The maximum Gasteiger partial charge on any atom is 0.0508 e. The second kappa shape index (κ2) is 6.17. The highest BCUT2D eigenvalue weighted by atomic mass is 16.5. The summed E-state index contributed by atoms with van der Waals surface area (Å²) in [5.74, 6) is 0.755. The molecule has 0 aromatic rings. The molecule has 0 aromatic heterocycles. The van der Waals surface area contributed by atoms with Gasteiger partial charge in [-0.25, -0.2) is 0 Å². The fraction of sp³-hybridized carbons (Fsp3) is 1.00. The molecule has 0 radical (unpaired) electrons. The normalized spacial score (nSPS) is 28.9. The average Bonchev–Trinajstić information content (AvgIpc) is 2.66. The van der Waals surface area contributed by atoms with E-state index in [1.54, 1.807) is 0 Å². The van der Waals surface area contributed by atoms with E-state index in [4.69, 9.17) is 10.5 Å². The quantitative estimate of drug-likeness (QED) is 0.797. The van der Waals surface area contributed by atoms with Crippen LogP contribution in [-0.4, -0.2) is 44.8 Å². The van der Waals surface area contributed by atoms with Crippen LogP contribution in [0, 0.1) is 11.3 Å². The molecule has 100 valence electrons. The molecule has 0 aromatic carbocycles. The van der Waals surface area contributed by atoms with Crippen LogP contribution in [0.25, 0.3) is 0 Å². The molecule has 1 atom stereocenters. The third kappa shape index (κ3) is 3.01. The molecule has 2 rings (SSSR count). The van der Waals surface area contributed by atoms with E-state index in [0.29, 0.717) is 5.41 Å². The van der Waals surface area contributed by atoms with Gasteiger partial charge in [-0.05, 0) is 37.8 Å². The van der Waals surface area contributed by atoms with Crippen LogP contribution in [0.3, 0.4) is 0 Å². The fourth-order valence-electron chi connectivity index (χ4n) is 3.88. The van der Waals surface area contributed by atoms with E-state index in [2.05, 4.69) is 4.90 Å². The number of hydrogen-bond donors (Lipinski definition) is 1. The van der Waals surface area contributed by atoms with E-state index in [-0.39, 0.29) is 0 Å². The third-order valence-electron chi connectivity index (χ3n) is 4.78. The van der Waals surface area contributed by atoms with Gasteiger partial charge in [-0.15, -0.1) is 0 Å². The van der Waals surface area contributed by atoms with Crippen LogP contribution < -0.4 is 5.73 Å². The van der Waals surface area contributed by atoms with E-state index in [9.17, 15) is 0 Å². The van der Waals surface area contributed by atoms with Crippen molar-refractivity contribution in [3.63, 3.8) is 0 Å². The van der Waals surface area contributed by atoms with Crippen molar-refractivity contribution in [3.05, 3.63) is 0 Å². The van der Waals surface area contributed by atoms with Gasteiger partial charge in [0.1, 0.15) is 0 Å². The maximum atomic E-state index is 5.62. The molecule has 17 heavy (non-hydrogen) atoms. The van der Waals surface area contributed by atoms with Crippen molar-refractivity contribution in [2.24, 2.45) is 17.1 Å². The van der Waals surface area contributed by atoms with Crippen LogP contribution in [0.5, 0.6) is 0 Å². The molecule has 3 heteroatoms. The van der Waals surface area contributed by atoms with Crippen LogP contribution in [-0.2, 0) is 4.74 Å². The Labute approximate surface area is 106 Å². The fourth-order valence-corrected chi connectivity index (χ4v) is 3.88. The highest BCUT2D eigenvalue weighted by Gasteiger charge is 2.46. The minimum atomic E-state index is 0.572. The van der Waals surface area contributed by atoms with Crippen molar-refractivity contribution in [2.75, 3.05) is 39.9 Å². The molecule has 1 unspecified atom stereocenters. The van der Waals surface area contributed by atoms with E-state index in [0.717, 1.165) is 25.5 Å². The van der Waals surface area contributed by atoms with Crippen LogP contribution in [0.4, 0.5) is 0 Å². The summed E-state index contributed by atoms with van der Waals surface area (Å²) in [5, 5.41) is 0. The summed E-state index contributed by atoms with van der Waals surface area (Å²) in [6.07, 6.45) is 8.25. The largest absolute Gasteiger partial charge is 0.384 e. The van der Waals surface area contributed by atoms with Crippen molar-refractivity contribution in [1.82, 2.24) is 4.90 Å². The smallest absolute Gasteiger partial charge is 0.0508 e. The second-order valence-electron chi connectivity index (χ2n) is 5.95. The Morgan fingerprint density at radius 2 is 2.06 bits per heavy atom. The molecule has 2 aliphatic rings. The van der Waals surface area contributed by atoms with Crippen molar-refractivity contribution in [2.45, 2.75) is 38.5 Å². The SMILES string of the molecule is COCC1CN(CCCN)CC12CCCCC2. The minimum absolute atomic E-state index is 0.572. The zero-order chi connectivity index (χ0) is 12.1. The number of rotatable bonds is 5. The van der Waals surface area contributed by atoms with Gasteiger partial charge in [0.25, 0.3) is 0 Å². The predicted molar refractivity (Wildman–Crippen MR) is 71.0 cm³/mol. The molecule has 1 aliphatic carbocycles. The summed E-state index contributed by atoms with van der Waals surface area (Å²) in [6, 6.07) is 0. The number of likely N-dealkylation sites (tertiary alicyclic amines) is 1. The Hall–Kier alpha value is -0.120. The van der Waals surface area contributed by atoms with Crippen molar-refractivity contribution < 1.29 is 4.74 Å². The monoisotopic (exact) mass is 240 g/mol. The summed E-state index contributed by atoms with van der Waals surface area (Å²) >= 11 is 0. The van der Waals surface area contributed by atoms with Crippen LogP contribution in [0.1, 0.15) is 38.5 Å². The molecular formula is C14H28N2O. The highest BCUT2D eigenvalue weighted by Crippen LogP contribution is 2.47. The van der Waals surface area contributed by atoms with Crippen LogP contribution in [0.2, 0.25) is 0 Å². The van der Waals surface area contributed by atoms with Crippen molar-refractivity contribution in [1.29, 1.82) is 0 Å². The Balaban J connectivity index is 1.96. The maximum absolute atomic E-state index is 5.62. The van der Waals surface area contributed by atoms with Gasteiger partial charge in [-0.2, -0.15) is 0 Å². The van der Waals surface area contributed by atoms with Gasteiger partial charge in [0, 0.05) is 26.1 Å². The zero-order valence-corrected chi connectivity index (χ0v) is 11.3. The predicted octanol–water partition coefficient (Wildman–Crippen LogP) is 1.86. The molecule has 0 amide bonds. The summed E-state index contributed by atoms with van der Waals surface area (Å²) in [6.45, 7) is 5.46. The van der Waals surface area contributed by atoms with Gasteiger partial charge in [-0.3, -0.25) is 0 Å². The zero-order valence-electron chi connectivity index (χ0n) is 11.3. The number of methoxy groups -OCH3 is 1. The Morgan fingerprint density at radius 3 is 2.71 bits per heavy atom. The van der Waals surface area contributed by atoms with Crippen LogP contribution in [0.15, 0.2) is 0 Å². The lowest BCUT2D eigenvalue weighted by molar-refractivity contribution is 0.0666. The molecule has 1 spiro atoms. The van der Waals surface area contributed by atoms with Gasteiger partial charge in [0.2, 0.25) is 0 Å². The average molecular weight is 240 g/mol. The van der Waals surface area contributed by atoms with Crippen LogP contribution >= 0.6 is 0 Å². The summed E-state index contributed by atoms with van der Waals surface area (Å²) in [4.78, 5) is 2.63. The molecular weight excluding hydrogens is 212 g/mol. The summed E-state index contributed by atoms with van der Waals surface area (Å²) in [7, 11) is 1.85. The van der Waals surface area contributed by atoms with E-state index >= 15 is 0 Å². The molecule has 1 heterocycles. The molecule has 2 fully saturated rings. The number of nitrogens with zero attached hydrogens (tertiary/aromatic N) is 1. The third-order valence-corrected chi connectivity index (χ3v) is 4.78. The summed E-state index contributed by atoms with van der Waals surface area (Å²) in [5.41, 5.74) is 6.19. The summed E-state index contributed by atoms with van der Waals surface area (Å²) < 4.78 is 5.45. The van der Waals surface area contributed by atoms with Gasteiger partial charge in [0.15, 0.2) is 0 Å². The molecule has 3 nitrogen and oxygen atoms in total. The molecule has 1 saturated carbocycles. The van der Waals surface area contributed by atoms with Gasteiger partial charge in [0.05, 0.1) is 6.61 Å². The first kappa shape index (κ1) is 13.3. The van der Waals surface area contributed by atoms with Gasteiger partial charge in [-0.1, -0.05) is 19.3 Å². The van der Waals surface area contributed by atoms with Crippen molar-refractivity contribution >= 4 is 0 Å². The Morgan fingerprint density at radius 1 is 1.29 bits per heavy atom. The first-order valence-electron chi connectivity index (χ1n) is 7.22. The minimum Gasteiger partial charge on any atom is -0.384 e. The van der Waals surface area contributed by atoms with E-state index in [1.165, 1.54) is 51.7 Å². The number of ether oxygens (including phenoxy) is 1. The standard InChI is InChI=1S/C14H28N2O/c1-17-11-13-10-16(9-5-8-15)12-14(13)6-3-2-4-7-14/h13H,2-12,15H2,1H3. The van der Waals surface area contributed by atoms with E-state index < -0.39 is 0 Å². The molecule has 1 aliphatic heterocycles. The second-order valence-corrected chi connectivity index (χ2v) is 5.95. The lowest BCUT2D eigenvalue weighted by Gasteiger charge is -2.38. The Kier molecular flexibility index (Phi) is 4.83. The lowest BCUT2D eigenvalue weighted by Crippen LogP contribution is -2.35. The lowest BCUT2D eigenvalue weighted by atomic mass is 9.68. The number of hydrogen-bond acceptors (Lipinski definition) is 3. The van der Waals surface area contributed by atoms with Gasteiger partial charge < -0.3 is 15.4 Å². The van der Waals surface area contributed by atoms with Crippen molar-refractivity contribution in [3.8, 4) is 0 Å². The van der Waals surface area contributed by atoms with E-state index in [1.807, 2.05) is 7.11 Å². The number of nitrogens with two attached hydrogens (primary N) is 1. The Bertz CT molecular complexity index is 226. The topological polar surface area (TPSA) is 38.5 Å². The van der Waals surface area contributed by atoms with Gasteiger partial charge >= 0.3 is 0 Å². The highest BCUT2D eigenvalue weighted by molar-refractivity contribution is 4.97. The first-order chi connectivity index (χ1) is 8.30.